The number of fused-ring (bicyclic) bond motifs is 6. The van der Waals surface area contributed by atoms with Crippen LogP contribution < -0.4 is 57.5 Å². The van der Waals surface area contributed by atoms with Crippen molar-refractivity contribution in [2.45, 2.75) is 0 Å². The maximum atomic E-state index is 7.67. The van der Waals surface area contributed by atoms with Crippen molar-refractivity contribution < 1.29 is 44.8 Å². The molecule has 2 aliphatic rings. The van der Waals surface area contributed by atoms with Crippen LogP contribution in [-0.4, -0.2) is 29.2 Å². The molecule has 2 heterocycles. The number of hydrogen-bond donors (Lipinski definition) is 0. The van der Waals surface area contributed by atoms with Crippen molar-refractivity contribution in [1.82, 2.24) is 0 Å². The first-order valence-electron chi connectivity index (χ1n) is 26.0. The first-order valence-corrected chi connectivity index (χ1v) is 32.9. The van der Waals surface area contributed by atoms with Gasteiger partial charge in [-0.15, -0.1) is 35.4 Å². The smallest absolute Gasteiger partial charge is 0.366 e. The summed E-state index contributed by atoms with van der Waals surface area (Å²) in [5, 5.41) is 15.9. The Kier molecular flexibility index (Phi) is 19.2. The van der Waals surface area contributed by atoms with E-state index in [2.05, 4.69) is 297 Å². The SMILES string of the molecule is [Au+].[Au+].[C-]#Cc1ccc2c(c1)-c1ccccc1[Si]2c1ccccc1.[C-]#Cc1ccc2c(c1)[Si](c1ccccc1)(c1ccccc1)c1ccccc1-2.c1ccc([PH+](CC[PH+](c2ccccc2)c2ccccc2)c2ccccc2)cc1. The van der Waals surface area contributed by atoms with Crippen LogP contribution >= 0.6 is 15.8 Å². The van der Waals surface area contributed by atoms with Crippen molar-refractivity contribution in [2.24, 2.45) is 0 Å². The molecule has 0 fully saturated rings. The average Bonchev–Trinajstić information content (AvgIpc) is 4.16. The number of benzene rings is 11. The molecule has 0 aromatic heterocycles. The molecule has 1 radical (unpaired) electrons. The van der Waals surface area contributed by atoms with Crippen LogP contribution in [0.2, 0.25) is 0 Å². The Morgan fingerprint density at radius 1 is 0.321 bits per heavy atom. The van der Waals surface area contributed by atoms with Crippen molar-refractivity contribution >= 4 is 90.2 Å². The van der Waals surface area contributed by atoms with Gasteiger partial charge in [-0.1, -0.05) is 235 Å². The van der Waals surface area contributed by atoms with Crippen LogP contribution in [0.4, 0.5) is 0 Å². The Bertz CT molecular complexity index is 3590. The van der Waals surface area contributed by atoms with Crippen LogP contribution in [0.15, 0.2) is 297 Å². The van der Waals surface area contributed by atoms with Gasteiger partial charge in [0.15, 0.2) is 16.9 Å². The van der Waals surface area contributed by atoms with Gasteiger partial charge in [0, 0.05) is 0 Å². The van der Waals surface area contributed by atoms with Gasteiger partial charge in [-0.25, -0.2) is 0 Å². The molecule has 0 saturated carbocycles. The van der Waals surface area contributed by atoms with Crippen molar-refractivity contribution in [2.75, 3.05) is 12.3 Å². The summed E-state index contributed by atoms with van der Waals surface area (Å²) >= 11 is 0. The van der Waals surface area contributed by atoms with E-state index in [1.807, 2.05) is 12.1 Å². The fraction of sp³-hybridized carbons (Fsp3) is 0.0278. The van der Waals surface area contributed by atoms with Gasteiger partial charge >= 0.3 is 44.8 Å². The van der Waals surface area contributed by atoms with E-state index in [1.165, 1.54) is 92.1 Å². The minimum atomic E-state index is -2.40. The zero-order valence-corrected chi connectivity index (χ0v) is 51.1. The molecule has 0 unspecified atom stereocenters. The van der Waals surface area contributed by atoms with Crippen LogP contribution in [0, 0.1) is 24.7 Å². The van der Waals surface area contributed by atoms with Crippen molar-refractivity contribution in [1.29, 1.82) is 0 Å². The van der Waals surface area contributed by atoms with Crippen LogP contribution in [0.25, 0.3) is 22.3 Å². The number of rotatable bonds is 10. The summed E-state index contributed by atoms with van der Waals surface area (Å²) in [4.78, 5) is 0. The van der Waals surface area contributed by atoms with Gasteiger partial charge in [0.25, 0.3) is 0 Å². The molecule has 0 atom stereocenters. The fourth-order valence-corrected chi connectivity index (χ4v) is 25.6. The van der Waals surface area contributed by atoms with E-state index in [0.717, 1.165) is 11.1 Å². The van der Waals surface area contributed by atoms with Crippen LogP contribution in [0.3, 0.4) is 0 Å². The maximum absolute atomic E-state index is 7.67. The van der Waals surface area contributed by atoms with Crippen molar-refractivity contribution in [3.05, 3.63) is 321 Å². The van der Waals surface area contributed by atoms with E-state index >= 15 is 0 Å². The molecular formula is C72H55Au2P2Si2+2. The Labute approximate surface area is 498 Å². The number of hydrogen-bond acceptors (Lipinski definition) is 0. The summed E-state index contributed by atoms with van der Waals surface area (Å²) in [7, 11) is -4.88. The predicted molar refractivity (Wildman–Crippen MR) is 335 cm³/mol. The molecule has 11 aromatic carbocycles. The zero-order chi connectivity index (χ0) is 51.5. The van der Waals surface area contributed by atoms with E-state index in [9.17, 15) is 0 Å². The first-order chi connectivity index (χ1) is 37.6. The van der Waals surface area contributed by atoms with E-state index < -0.39 is 32.7 Å². The standard InChI is InChI=1S/C26H24P2.C26H17Si.C20H12Si.2Au/c1-5-13-23(14-6-1)27(24-15-7-2-8-16-24)21-22-28(25-17-9-3-10-18-25)26-19-11-4-12-20-26;1-2-20-17-18-24-23-15-9-10-16-25(23)27(26(24)19-20,21-11-5-3-6-12-21)22-13-7-4-8-14-22;1-2-15-12-13-20-18(14-15)17-10-6-7-11-19(17)21(20)16-8-4-3-5-9-16;;/h1-20H,21-22H2;3-19H;3-14H;;/q;2*-1;2*+1/p+2. The first kappa shape index (κ1) is 56.0. The molecule has 0 N–H and O–H groups in total. The second kappa shape index (κ2) is 26.8. The minimum Gasteiger partial charge on any atom is -0.366 e. The van der Waals surface area contributed by atoms with Crippen LogP contribution in [0.1, 0.15) is 11.1 Å². The monoisotopic (exact) mass is 1430 g/mol. The molecule has 0 amide bonds. The third-order valence-corrected chi connectivity index (χ3v) is 28.5. The topological polar surface area (TPSA) is 0 Å². The van der Waals surface area contributed by atoms with Gasteiger partial charge in [0.1, 0.15) is 12.3 Å². The molecule has 0 nitrogen and oxygen atoms in total. The molecular weight excluding hydrogens is 1380 g/mol. The molecule has 0 aliphatic carbocycles. The second-order valence-electron chi connectivity index (χ2n) is 19.0. The van der Waals surface area contributed by atoms with E-state index in [4.69, 9.17) is 12.8 Å². The Hall–Kier alpha value is -6.69. The Balaban J connectivity index is 0.000000142. The molecule has 2 aliphatic heterocycles. The minimum absolute atomic E-state index is 0. The predicted octanol–water partition coefficient (Wildman–Crippen LogP) is 9.82. The third-order valence-electron chi connectivity index (χ3n) is 14.7. The quantitative estimate of drug-likeness (QED) is 0.0555. The van der Waals surface area contributed by atoms with Crippen molar-refractivity contribution in [3.63, 3.8) is 0 Å². The Morgan fingerprint density at radius 2 is 0.679 bits per heavy atom. The van der Waals surface area contributed by atoms with Crippen LogP contribution in [0.5, 0.6) is 0 Å². The molecule has 0 saturated heterocycles. The fourth-order valence-electron chi connectivity index (χ4n) is 11.3. The van der Waals surface area contributed by atoms with E-state index in [-0.39, 0.29) is 44.8 Å². The summed E-state index contributed by atoms with van der Waals surface area (Å²) in [5.74, 6) is 5.10. The van der Waals surface area contributed by atoms with Gasteiger partial charge in [-0.05, 0) is 96.7 Å². The molecule has 13 rings (SSSR count). The molecule has 0 bridgehead atoms. The normalized spacial score (nSPS) is 12.0. The summed E-state index contributed by atoms with van der Waals surface area (Å²) in [6.45, 7) is 0. The third kappa shape index (κ3) is 11.7. The molecule has 11 aromatic rings. The summed E-state index contributed by atoms with van der Waals surface area (Å²) in [6, 6.07) is 107. The van der Waals surface area contributed by atoms with E-state index in [0.29, 0.717) is 0 Å². The van der Waals surface area contributed by atoms with Gasteiger partial charge < -0.3 is 12.8 Å². The summed E-state index contributed by atoms with van der Waals surface area (Å²) in [5.41, 5.74) is 6.90. The van der Waals surface area contributed by atoms with E-state index in [1.54, 1.807) is 0 Å². The second-order valence-corrected chi connectivity index (χ2v) is 30.4. The summed E-state index contributed by atoms with van der Waals surface area (Å²) in [6.07, 6.45) is 17.6. The molecule has 0 spiro atoms. The molecule has 6 heteroatoms. The zero-order valence-electron chi connectivity index (χ0n) is 42.8. The van der Waals surface area contributed by atoms with Crippen LogP contribution in [-0.2, 0) is 44.8 Å². The van der Waals surface area contributed by atoms with Gasteiger partial charge in [0.2, 0.25) is 0 Å². The molecule has 381 valence electrons. The van der Waals surface area contributed by atoms with Crippen molar-refractivity contribution in [3.8, 4) is 34.1 Å². The van der Waals surface area contributed by atoms with Gasteiger partial charge in [-0.2, -0.15) is 0 Å². The Morgan fingerprint density at radius 3 is 1.15 bits per heavy atom. The molecule has 78 heavy (non-hydrogen) atoms. The maximum Gasteiger partial charge on any atom is 1.00 e. The van der Waals surface area contributed by atoms with Gasteiger partial charge in [-0.3, -0.25) is 11.8 Å². The average molecular weight is 1430 g/mol. The largest absolute Gasteiger partial charge is 1.00 e. The summed E-state index contributed by atoms with van der Waals surface area (Å²) < 4.78 is 0. The van der Waals surface area contributed by atoms with Gasteiger partial charge in [0.05, 0.1) is 37.1 Å².